The lowest BCUT2D eigenvalue weighted by Crippen LogP contribution is -2.27. The minimum absolute atomic E-state index is 0.325. The Bertz CT molecular complexity index is 484. The highest BCUT2D eigenvalue weighted by Gasteiger charge is 2.35. The number of halogens is 3. The molecule has 0 spiro atoms. The van der Waals surface area contributed by atoms with Gasteiger partial charge in [0.15, 0.2) is 0 Å². The van der Waals surface area contributed by atoms with Crippen molar-refractivity contribution in [3.8, 4) is 0 Å². The quantitative estimate of drug-likeness (QED) is 0.894. The number of carboxylic acid groups (broad SMARTS) is 1. The van der Waals surface area contributed by atoms with Crippen molar-refractivity contribution in [1.29, 1.82) is 0 Å². The van der Waals surface area contributed by atoms with Gasteiger partial charge < -0.3 is 10.0 Å². The molecule has 0 saturated carbocycles. The number of rotatable bonds is 5. The Kier molecular flexibility index (Phi) is 5.03. The number of carbonyl (C=O) groups is 1. The van der Waals surface area contributed by atoms with Crippen LogP contribution in [0.25, 0.3) is 0 Å². The lowest BCUT2D eigenvalue weighted by Gasteiger charge is -2.26. The topological polar surface area (TPSA) is 40.5 Å². The highest BCUT2D eigenvalue weighted by Crippen LogP contribution is 2.34. The van der Waals surface area contributed by atoms with Crippen molar-refractivity contribution in [2.45, 2.75) is 26.9 Å². The van der Waals surface area contributed by atoms with Crippen LogP contribution in [-0.4, -0.2) is 24.2 Å². The molecule has 0 heterocycles. The number of alkyl halides is 3. The lowest BCUT2D eigenvalue weighted by atomic mass is 10.0. The van der Waals surface area contributed by atoms with Crippen LogP contribution in [-0.2, 0) is 6.18 Å². The van der Waals surface area contributed by atoms with E-state index < -0.39 is 23.3 Å². The summed E-state index contributed by atoms with van der Waals surface area (Å²) < 4.78 is 38.3. The number of aromatic carboxylic acids is 1. The maximum absolute atomic E-state index is 12.8. The Hall–Kier alpha value is -1.72. The van der Waals surface area contributed by atoms with Gasteiger partial charge in [-0.25, -0.2) is 4.79 Å². The molecule has 0 atom stereocenters. The molecule has 1 rings (SSSR count). The number of anilines is 1. The minimum Gasteiger partial charge on any atom is -0.478 e. The van der Waals surface area contributed by atoms with Crippen LogP contribution in [0.4, 0.5) is 18.9 Å². The predicted molar refractivity (Wildman–Crippen MR) is 71.1 cm³/mol. The van der Waals surface area contributed by atoms with Crippen molar-refractivity contribution in [2.75, 3.05) is 18.0 Å². The van der Waals surface area contributed by atoms with Crippen LogP contribution in [0.2, 0.25) is 0 Å². The Balaban J connectivity index is 3.25. The SMILES string of the molecule is CCN(CC(C)C)c1ccc(C(F)(F)F)c(C(=O)O)c1. The fourth-order valence-electron chi connectivity index (χ4n) is 2.01. The van der Waals surface area contributed by atoms with Crippen molar-refractivity contribution >= 4 is 11.7 Å². The van der Waals surface area contributed by atoms with E-state index in [4.69, 9.17) is 5.11 Å². The Morgan fingerprint density at radius 2 is 1.95 bits per heavy atom. The van der Waals surface area contributed by atoms with Gasteiger partial charge in [0.2, 0.25) is 0 Å². The highest BCUT2D eigenvalue weighted by atomic mass is 19.4. The average molecular weight is 289 g/mol. The van der Waals surface area contributed by atoms with Gasteiger partial charge in [-0.3, -0.25) is 0 Å². The number of hydrogen-bond donors (Lipinski definition) is 1. The summed E-state index contributed by atoms with van der Waals surface area (Å²) in [4.78, 5) is 12.9. The van der Waals surface area contributed by atoms with E-state index in [0.29, 0.717) is 24.7 Å². The van der Waals surface area contributed by atoms with Crippen LogP contribution in [0.15, 0.2) is 18.2 Å². The fourth-order valence-corrected chi connectivity index (χ4v) is 2.01. The monoisotopic (exact) mass is 289 g/mol. The summed E-state index contributed by atoms with van der Waals surface area (Å²) in [6.07, 6.45) is -4.67. The summed E-state index contributed by atoms with van der Waals surface area (Å²) in [5.74, 6) is -1.25. The summed E-state index contributed by atoms with van der Waals surface area (Å²) in [6.45, 7) is 7.11. The number of benzene rings is 1. The van der Waals surface area contributed by atoms with Crippen LogP contribution in [0.1, 0.15) is 36.7 Å². The van der Waals surface area contributed by atoms with Crippen LogP contribution in [0, 0.1) is 5.92 Å². The second kappa shape index (κ2) is 6.15. The summed E-state index contributed by atoms with van der Waals surface area (Å²) >= 11 is 0. The van der Waals surface area contributed by atoms with E-state index in [9.17, 15) is 18.0 Å². The number of nitrogens with zero attached hydrogens (tertiary/aromatic N) is 1. The molecule has 0 aliphatic heterocycles. The summed E-state index contributed by atoms with van der Waals surface area (Å²) in [5.41, 5.74) is -1.34. The second-order valence-electron chi connectivity index (χ2n) is 4.97. The molecular formula is C14H18F3NO2. The molecular weight excluding hydrogens is 271 g/mol. The maximum atomic E-state index is 12.8. The first-order chi connectivity index (χ1) is 9.16. The van der Waals surface area contributed by atoms with Gasteiger partial charge in [-0.15, -0.1) is 0 Å². The maximum Gasteiger partial charge on any atom is 0.417 e. The van der Waals surface area contributed by atoms with E-state index in [2.05, 4.69) is 0 Å². The van der Waals surface area contributed by atoms with Gasteiger partial charge in [-0.2, -0.15) is 13.2 Å². The molecule has 1 N–H and O–H groups in total. The van der Waals surface area contributed by atoms with Crippen molar-refractivity contribution in [3.05, 3.63) is 29.3 Å². The molecule has 112 valence electrons. The standard InChI is InChI=1S/C14H18F3NO2/c1-4-18(8-9(2)3)10-5-6-12(14(15,16)17)11(7-10)13(19)20/h5-7,9H,4,8H2,1-3H3,(H,19,20). The van der Waals surface area contributed by atoms with Gasteiger partial charge >= 0.3 is 12.1 Å². The first kappa shape index (κ1) is 16.3. The molecule has 0 bridgehead atoms. The summed E-state index contributed by atoms with van der Waals surface area (Å²) in [5, 5.41) is 8.97. The molecule has 1 aromatic rings. The third kappa shape index (κ3) is 3.88. The molecule has 0 amide bonds. The van der Waals surface area contributed by atoms with E-state index in [1.807, 2.05) is 25.7 Å². The molecule has 3 nitrogen and oxygen atoms in total. The zero-order chi connectivity index (χ0) is 15.5. The van der Waals surface area contributed by atoms with E-state index in [1.165, 1.54) is 6.07 Å². The molecule has 6 heteroatoms. The first-order valence-electron chi connectivity index (χ1n) is 6.36. The van der Waals surface area contributed by atoms with Gasteiger partial charge in [0.05, 0.1) is 11.1 Å². The minimum atomic E-state index is -4.67. The molecule has 0 aromatic heterocycles. The van der Waals surface area contributed by atoms with E-state index in [1.54, 1.807) is 0 Å². The molecule has 1 aromatic carbocycles. The third-order valence-electron chi connectivity index (χ3n) is 2.87. The Morgan fingerprint density at radius 1 is 1.35 bits per heavy atom. The summed E-state index contributed by atoms with van der Waals surface area (Å²) in [7, 11) is 0. The van der Waals surface area contributed by atoms with Gasteiger partial charge in [-0.05, 0) is 31.0 Å². The van der Waals surface area contributed by atoms with Crippen molar-refractivity contribution in [2.24, 2.45) is 5.92 Å². The smallest absolute Gasteiger partial charge is 0.417 e. The fraction of sp³-hybridized carbons (Fsp3) is 0.500. The van der Waals surface area contributed by atoms with Crippen molar-refractivity contribution in [3.63, 3.8) is 0 Å². The average Bonchev–Trinajstić information content (AvgIpc) is 2.33. The summed E-state index contributed by atoms with van der Waals surface area (Å²) in [6, 6.07) is 3.25. The molecule has 0 saturated heterocycles. The van der Waals surface area contributed by atoms with Crippen molar-refractivity contribution in [1.82, 2.24) is 0 Å². The van der Waals surface area contributed by atoms with Gasteiger partial charge in [0.25, 0.3) is 0 Å². The normalized spacial score (nSPS) is 11.8. The molecule has 0 fully saturated rings. The van der Waals surface area contributed by atoms with Crippen LogP contribution >= 0.6 is 0 Å². The zero-order valence-electron chi connectivity index (χ0n) is 11.7. The van der Waals surface area contributed by atoms with Gasteiger partial charge in [-0.1, -0.05) is 13.8 Å². The largest absolute Gasteiger partial charge is 0.478 e. The molecule has 0 aliphatic rings. The van der Waals surface area contributed by atoms with E-state index >= 15 is 0 Å². The lowest BCUT2D eigenvalue weighted by molar-refractivity contribution is -0.138. The van der Waals surface area contributed by atoms with E-state index in [0.717, 1.165) is 12.1 Å². The predicted octanol–water partition coefficient (Wildman–Crippen LogP) is 3.89. The van der Waals surface area contributed by atoms with Crippen LogP contribution < -0.4 is 4.90 Å². The number of carboxylic acids is 1. The molecule has 0 aliphatic carbocycles. The van der Waals surface area contributed by atoms with Crippen molar-refractivity contribution < 1.29 is 23.1 Å². The molecule has 20 heavy (non-hydrogen) atoms. The van der Waals surface area contributed by atoms with Gasteiger partial charge in [0, 0.05) is 18.8 Å². The highest BCUT2D eigenvalue weighted by molar-refractivity contribution is 5.91. The van der Waals surface area contributed by atoms with Gasteiger partial charge in [0.1, 0.15) is 0 Å². The Labute approximate surface area is 116 Å². The zero-order valence-corrected chi connectivity index (χ0v) is 11.7. The van der Waals surface area contributed by atoms with E-state index in [-0.39, 0.29) is 0 Å². The van der Waals surface area contributed by atoms with Crippen LogP contribution in [0.3, 0.4) is 0 Å². The van der Waals surface area contributed by atoms with Crippen LogP contribution in [0.5, 0.6) is 0 Å². The number of hydrogen-bond acceptors (Lipinski definition) is 2. The first-order valence-corrected chi connectivity index (χ1v) is 6.36. The Morgan fingerprint density at radius 3 is 2.35 bits per heavy atom. The molecule has 0 unspecified atom stereocenters. The molecule has 0 radical (unpaired) electrons. The third-order valence-corrected chi connectivity index (χ3v) is 2.87. The second-order valence-corrected chi connectivity index (χ2v) is 4.97.